The van der Waals surface area contributed by atoms with Crippen LogP contribution in [0.1, 0.15) is 11.3 Å². The predicted molar refractivity (Wildman–Crippen MR) is 68.0 cm³/mol. The average Bonchev–Trinajstić information content (AvgIpc) is 2.66. The fraction of sp³-hybridized carbons (Fsp3) is 0.308. The van der Waals surface area contributed by atoms with Crippen LogP contribution in [0.15, 0.2) is 24.4 Å². The molecule has 0 aliphatic rings. The first-order valence-electron chi connectivity index (χ1n) is 5.70. The normalized spacial score (nSPS) is 10.6. The summed E-state index contributed by atoms with van der Waals surface area (Å²) in [6.07, 6.45) is 3.24. The summed E-state index contributed by atoms with van der Waals surface area (Å²) >= 11 is 0. The van der Waals surface area contributed by atoms with Crippen LogP contribution in [0.5, 0.6) is 5.75 Å². The third-order valence-corrected chi connectivity index (χ3v) is 2.86. The van der Waals surface area contributed by atoms with Crippen molar-refractivity contribution in [3.05, 3.63) is 41.5 Å². The van der Waals surface area contributed by atoms with E-state index in [1.807, 2.05) is 13.2 Å². The Morgan fingerprint density at radius 3 is 2.78 bits per heavy atom. The van der Waals surface area contributed by atoms with Crippen molar-refractivity contribution in [2.45, 2.75) is 12.8 Å². The molecule has 0 atom stereocenters. The van der Waals surface area contributed by atoms with Crippen molar-refractivity contribution < 1.29 is 9.13 Å². The second-order valence-electron chi connectivity index (χ2n) is 4.16. The molecule has 0 aliphatic carbocycles. The number of methoxy groups -OCH3 is 1. The van der Waals surface area contributed by atoms with E-state index in [-0.39, 0.29) is 5.82 Å². The zero-order chi connectivity index (χ0) is 13.1. The Kier molecular flexibility index (Phi) is 3.50. The van der Waals surface area contributed by atoms with Gasteiger partial charge in [-0.3, -0.25) is 0 Å². The molecule has 0 bridgehead atoms. The van der Waals surface area contributed by atoms with Crippen LogP contribution in [0.4, 0.5) is 10.3 Å². The van der Waals surface area contributed by atoms with Gasteiger partial charge in [0.2, 0.25) is 0 Å². The second kappa shape index (κ2) is 5.08. The number of nitrogens with two attached hydrogens (primary N) is 1. The Labute approximate surface area is 105 Å². The van der Waals surface area contributed by atoms with Gasteiger partial charge in [0, 0.05) is 13.2 Å². The molecule has 1 heterocycles. The number of nitrogen functional groups attached to an aromatic ring is 1. The molecule has 2 aromatic rings. The molecule has 0 aliphatic heterocycles. The highest BCUT2D eigenvalue weighted by Crippen LogP contribution is 2.21. The van der Waals surface area contributed by atoms with E-state index in [0.29, 0.717) is 24.5 Å². The summed E-state index contributed by atoms with van der Waals surface area (Å²) in [5.41, 5.74) is 7.38. The molecule has 0 spiro atoms. The van der Waals surface area contributed by atoms with Gasteiger partial charge in [-0.25, -0.2) is 9.37 Å². The minimum absolute atomic E-state index is 0.258. The van der Waals surface area contributed by atoms with E-state index in [2.05, 4.69) is 4.98 Å². The maximum Gasteiger partial charge on any atom is 0.200 e. The molecule has 1 aromatic heterocycles. The predicted octanol–water partition coefficient (Wildman–Crippen LogP) is 1.94. The van der Waals surface area contributed by atoms with Crippen molar-refractivity contribution >= 4 is 5.95 Å². The first kappa shape index (κ1) is 12.4. The zero-order valence-electron chi connectivity index (χ0n) is 10.5. The number of aryl methyl sites for hydroxylation is 3. The minimum Gasteiger partial charge on any atom is -0.496 e. The molecule has 0 amide bonds. The Morgan fingerprint density at radius 2 is 2.17 bits per heavy atom. The molecule has 18 heavy (non-hydrogen) atoms. The number of benzene rings is 1. The fourth-order valence-electron chi connectivity index (χ4n) is 1.87. The van der Waals surface area contributed by atoms with Gasteiger partial charge in [0.05, 0.1) is 12.8 Å². The maximum atomic E-state index is 13.2. The van der Waals surface area contributed by atoms with Crippen LogP contribution >= 0.6 is 0 Å². The molecule has 0 unspecified atom stereocenters. The maximum absolute atomic E-state index is 13.2. The summed E-state index contributed by atoms with van der Waals surface area (Å²) in [4.78, 5) is 4.21. The van der Waals surface area contributed by atoms with Crippen LogP contribution in [0.25, 0.3) is 0 Å². The van der Waals surface area contributed by atoms with Crippen molar-refractivity contribution in [1.82, 2.24) is 9.55 Å². The van der Waals surface area contributed by atoms with Gasteiger partial charge in [-0.15, -0.1) is 0 Å². The summed E-state index contributed by atoms with van der Waals surface area (Å²) in [6, 6.07) is 4.52. The molecule has 0 fully saturated rings. The number of hydrogen-bond donors (Lipinski definition) is 1. The topological polar surface area (TPSA) is 53.1 Å². The molecule has 2 rings (SSSR count). The molecule has 2 N–H and O–H groups in total. The Hall–Kier alpha value is -2.04. The fourth-order valence-corrected chi connectivity index (χ4v) is 1.87. The number of anilines is 1. The molecular formula is C13H16FN3O. The Morgan fingerprint density at radius 1 is 1.39 bits per heavy atom. The molecule has 0 radical (unpaired) electrons. The van der Waals surface area contributed by atoms with Crippen LogP contribution in [0.3, 0.4) is 0 Å². The van der Waals surface area contributed by atoms with Crippen LogP contribution in [0, 0.1) is 5.82 Å². The number of imidazole rings is 1. The van der Waals surface area contributed by atoms with Crippen molar-refractivity contribution in [1.29, 1.82) is 0 Å². The highest BCUT2D eigenvalue weighted by atomic mass is 19.1. The zero-order valence-corrected chi connectivity index (χ0v) is 10.5. The van der Waals surface area contributed by atoms with Crippen LogP contribution in [-0.4, -0.2) is 16.7 Å². The molecule has 0 saturated heterocycles. The summed E-state index contributed by atoms with van der Waals surface area (Å²) < 4.78 is 20.1. The summed E-state index contributed by atoms with van der Waals surface area (Å²) in [5, 5.41) is 0. The number of halogens is 1. The van der Waals surface area contributed by atoms with Gasteiger partial charge in [-0.1, -0.05) is 0 Å². The van der Waals surface area contributed by atoms with Crippen molar-refractivity contribution in [2.75, 3.05) is 12.8 Å². The molecule has 5 heteroatoms. The third-order valence-electron chi connectivity index (χ3n) is 2.86. The van der Waals surface area contributed by atoms with Gasteiger partial charge >= 0.3 is 0 Å². The van der Waals surface area contributed by atoms with Gasteiger partial charge in [-0.2, -0.15) is 0 Å². The first-order chi connectivity index (χ1) is 8.60. The molecular weight excluding hydrogens is 233 g/mol. The number of nitrogens with zero attached hydrogens (tertiary/aromatic N) is 2. The van der Waals surface area contributed by atoms with E-state index >= 15 is 0 Å². The Bertz CT molecular complexity index is 532. The minimum atomic E-state index is -0.258. The quantitative estimate of drug-likeness (QED) is 0.900. The number of hydrogen-bond acceptors (Lipinski definition) is 3. The van der Waals surface area contributed by atoms with E-state index in [1.54, 1.807) is 17.7 Å². The lowest BCUT2D eigenvalue weighted by Gasteiger charge is -2.07. The van der Waals surface area contributed by atoms with E-state index in [1.165, 1.54) is 12.1 Å². The lowest BCUT2D eigenvalue weighted by Crippen LogP contribution is -1.97. The summed E-state index contributed by atoms with van der Waals surface area (Å²) in [5.74, 6) is 0.919. The number of ether oxygens (including phenoxy) is 1. The molecule has 0 saturated carbocycles. The monoisotopic (exact) mass is 249 g/mol. The number of aromatic nitrogens is 2. The van der Waals surface area contributed by atoms with Crippen LogP contribution in [0.2, 0.25) is 0 Å². The van der Waals surface area contributed by atoms with E-state index in [0.717, 1.165) is 11.3 Å². The lowest BCUT2D eigenvalue weighted by molar-refractivity contribution is 0.408. The van der Waals surface area contributed by atoms with Crippen molar-refractivity contribution in [3.8, 4) is 5.75 Å². The van der Waals surface area contributed by atoms with Crippen molar-refractivity contribution in [3.63, 3.8) is 0 Å². The summed E-state index contributed by atoms with van der Waals surface area (Å²) in [7, 11) is 3.42. The van der Waals surface area contributed by atoms with Gasteiger partial charge in [-0.05, 0) is 36.6 Å². The second-order valence-corrected chi connectivity index (χ2v) is 4.16. The number of rotatable bonds is 4. The van der Waals surface area contributed by atoms with E-state index < -0.39 is 0 Å². The SMILES string of the molecule is COc1ccc(F)cc1CCc1cn(C)c(N)n1. The molecule has 1 aromatic carbocycles. The van der Waals surface area contributed by atoms with Gasteiger partial charge in [0.25, 0.3) is 0 Å². The lowest BCUT2D eigenvalue weighted by atomic mass is 10.1. The summed E-state index contributed by atoms with van der Waals surface area (Å²) in [6.45, 7) is 0. The van der Waals surface area contributed by atoms with Crippen LogP contribution in [-0.2, 0) is 19.9 Å². The van der Waals surface area contributed by atoms with Crippen molar-refractivity contribution in [2.24, 2.45) is 7.05 Å². The highest BCUT2D eigenvalue weighted by Gasteiger charge is 2.07. The van der Waals surface area contributed by atoms with Gasteiger partial charge in [0.1, 0.15) is 11.6 Å². The highest BCUT2D eigenvalue weighted by molar-refractivity contribution is 5.34. The first-order valence-corrected chi connectivity index (χ1v) is 5.70. The average molecular weight is 249 g/mol. The van der Waals surface area contributed by atoms with Gasteiger partial charge < -0.3 is 15.0 Å². The smallest absolute Gasteiger partial charge is 0.200 e. The Balaban J connectivity index is 2.12. The molecule has 96 valence electrons. The molecule has 4 nitrogen and oxygen atoms in total. The van der Waals surface area contributed by atoms with E-state index in [4.69, 9.17) is 10.5 Å². The van der Waals surface area contributed by atoms with Crippen LogP contribution < -0.4 is 10.5 Å². The third kappa shape index (κ3) is 2.61. The van der Waals surface area contributed by atoms with E-state index in [9.17, 15) is 4.39 Å². The largest absolute Gasteiger partial charge is 0.496 e. The standard InChI is InChI=1S/C13H16FN3O/c1-17-8-11(16-13(17)15)5-3-9-7-10(14)4-6-12(9)18-2/h4,6-8H,3,5H2,1-2H3,(H2,15,16). The van der Waals surface area contributed by atoms with Gasteiger partial charge in [0.15, 0.2) is 5.95 Å².